The Morgan fingerprint density at radius 3 is 2.70 bits per heavy atom. The highest BCUT2D eigenvalue weighted by Gasteiger charge is 2.18. The van der Waals surface area contributed by atoms with Gasteiger partial charge in [0.05, 0.1) is 13.2 Å². The minimum Gasteiger partial charge on any atom is -0.399 e. The monoisotopic (exact) mass is 277 g/mol. The van der Waals surface area contributed by atoms with Crippen molar-refractivity contribution in [2.24, 2.45) is 0 Å². The summed E-state index contributed by atoms with van der Waals surface area (Å²) < 4.78 is 5.39. The molecule has 1 aromatic carbocycles. The van der Waals surface area contributed by atoms with Gasteiger partial charge in [-0.15, -0.1) is 0 Å². The van der Waals surface area contributed by atoms with Crippen LogP contribution in [0.15, 0.2) is 18.2 Å². The van der Waals surface area contributed by atoms with Crippen molar-refractivity contribution >= 4 is 11.4 Å². The summed E-state index contributed by atoms with van der Waals surface area (Å²) in [6, 6.07) is 6.34. The molecule has 20 heavy (non-hydrogen) atoms. The van der Waals surface area contributed by atoms with E-state index in [0.29, 0.717) is 0 Å². The average Bonchev–Trinajstić information content (AvgIpc) is 2.45. The summed E-state index contributed by atoms with van der Waals surface area (Å²) >= 11 is 0. The Morgan fingerprint density at radius 1 is 1.10 bits per heavy atom. The molecule has 0 unspecified atom stereocenters. The molecule has 0 bridgehead atoms. The number of nitrogens with two attached hydrogens (primary N) is 1. The molecule has 4 nitrogen and oxygen atoms in total. The molecule has 0 aromatic heterocycles. The van der Waals surface area contributed by atoms with Crippen molar-refractivity contribution in [3.8, 4) is 0 Å². The van der Waals surface area contributed by atoms with E-state index in [4.69, 9.17) is 10.5 Å². The first kappa shape index (κ1) is 15.1. The van der Waals surface area contributed by atoms with E-state index >= 15 is 0 Å². The lowest BCUT2D eigenvalue weighted by molar-refractivity contribution is 0.0391. The highest BCUT2D eigenvalue weighted by Crippen LogP contribution is 2.28. The Balaban J connectivity index is 0.00000147. The molecular formula is C16H27N3O. The maximum atomic E-state index is 5.88. The van der Waals surface area contributed by atoms with E-state index in [2.05, 4.69) is 21.9 Å². The second-order valence-corrected chi connectivity index (χ2v) is 5.43. The van der Waals surface area contributed by atoms with Gasteiger partial charge in [0.25, 0.3) is 0 Å². The van der Waals surface area contributed by atoms with Crippen LogP contribution in [0.5, 0.6) is 0 Å². The van der Waals surface area contributed by atoms with Crippen LogP contribution in [0, 0.1) is 0 Å². The summed E-state index contributed by atoms with van der Waals surface area (Å²) in [4.78, 5) is 5.00. The van der Waals surface area contributed by atoms with Crippen molar-refractivity contribution in [3.63, 3.8) is 0 Å². The van der Waals surface area contributed by atoms with Gasteiger partial charge in [-0.25, -0.2) is 0 Å². The fourth-order valence-electron chi connectivity index (χ4n) is 3.01. The molecular weight excluding hydrogens is 250 g/mol. The topological polar surface area (TPSA) is 41.7 Å². The summed E-state index contributed by atoms with van der Waals surface area (Å²) in [5.74, 6) is 0. The molecule has 0 spiro atoms. The molecule has 2 aliphatic heterocycles. The largest absolute Gasteiger partial charge is 0.399 e. The Labute approximate surface area is 122 Å². The van der Waals surface area contributed by atoms with Gasteiger partial charge in [0, 0.05) is 44.1 Å². The van der Waals surface area contributed by atoms with E-state index in [9.17, 15) is 0 Å². The van der Waals surface area contributed by atoms with E-state index in [1.165, 1.54) is 24.2 Å². The molecule has 2 heterocycles. The van der Waals surface area contributed by atoms with Gasteiger partial charge in [0.15, 0.2) is 0 Å². The van der Waals surface area contributed by atoms with Crippen LogP contribution < -0.4 is 10.6 Å². The fraction of sp³-hybridized carbons (Fsp3) is 0.625. The zero-order valence-electron chi connectivity index (χ0n) is 11.5. The van der Waals surface area contributed by atoms with Crippen molar-refractivity contribution in [2.75, 3.05) is 56.6 Å². The molecule has 1 fully saturated rings. The quantitative estimate of drug-likeness (QED) is 0.858. The molecule has 1 saturated heterocycles. The lowest BCUT2D eigenvalue weighted by atomic mass is 10.0. The first-order valence-corrected chi connectivity index (χ1v) is 7.26. The van der Waals surface area contributed by atoms with Gasteiger partial charge >= 0.3 is 0 Å². The number of fused-ring (bicyclic) bond motifs is 1. The molecule has 1 aromatic rings. The van der Waals surface area contributed by atoms with Crippen LogP contribution in [0.3, 0.4) is 0 Å². The molecule has 2 aliphatic rings. The SMILES string of the molecule is C.Nc1ccc2c(c1)CCCN2CCN1CCOCC1. The van der Waals surface area contributed by atoms with Crippen molar-refractivity contribution in [1.82, 2.24) is 4.90 Å². The number of hydrogen-bond acceptors (Lipinski definition) is 4. The number of morpholine rings is 1. The lowest BCUT2D eigenvalue weighted by Gasteiger charge is -2.34. The van der Waals surface area contributed by atoms with E-state index in [1.54, 1.807) is 0 Å². The summed E-state index contributed by atoms with van der Waals surface area (Å²) in [6.45, 7) is 7.32. The number of anilines is 2. The molecule has 3 rings (SSSR count). The first-order valence-electron chi connectivity index (χ1n) is 7.26. The summed E-state index contributed by atoms with van der Waals surface area (Å²) in [5, 5.41) is 0. The van der Waals surface area contributed by atoms with E-state index in [-0.39, 0.29) is 7.43 Å². The fourth-order valence-corrected chi connectivity index (χ4v) is 3.01. The summed E-state index contributed by atoms with van der Waals surface area (Å²) in [7, 11) is 0. The number of nitrogen functional groups attached to an aromatic ring is 1. The van der Waals surface area contributed by atoms with Gasteiger partial charge in [0.1, 0.15) is 0 Å². The van der Waals surface area contributed by atoms with Crippen LogP contribution in [-0.2, 0) is 11.2 Å². The van der Waals surface area contributed by atoms with E-state index in [0.717, 1.165) is 51.5 Å². The molecule has 0 aliphatic carbocycles. The zero-order chi connectivity index (χ0) is 13.1. The van der Waals surface area contributed by atoms with E-state index < -0.39 is 0 Å². The standard InChI is InChI=1S/C15H23N3O.CH4/c16-14-3-4-15-13(12-14)2-1-5-18(15)7-6-17-8-10-19-11-9-17;/h3-4,12H,1-2,5-11,16H2;1H4. The summed E-state index contributed by atoms with van der Waals surface area (Å²) in [6.07, 6.45) is 2.40. The van der Waals surface area contributed by atoms with Gasteiger partial charge in [0.2, 0.25) is 0 Å². The predicted molar refractivity (Wildman–Crippen MR) is 85.4 cm³/mol. The van der Waals surface area contributed by atoms with Crippen molar-refractivity contribution in [2.45, 2.75) is 20.3 Å². The third kappa shape index (κ3) is 3.44. The number of benzene rings is 1. The third-order valence-corrected chi connectivity index (χ3v) is 4.11. The van der Waals surface area contributed by atoms with Crippen LogP contribution in [0.2, 0.25) is 0 Å². The average molecular weight is 277 g/mol. The predicted octanol–water partition coefficient (Wildman–Crippen LogP) is 1.99. The van der Waals surface area contributed by atoms with Gasteiger partial charge in [-0.3, -0.25) is 4.90 Å². The van der Waals surface area contributed by atoms with Crippen LogP contribution >= 0.6 is 0 Å². The van der Waals surface area contributed by atoms with Crippen molar-refractivity contribution < 1.29 is 4.74 Å². The minimum atomic E-state index is 0. The van der Waals surface area contributed by atoms with Crippen molar-refractivity contribution in [3.05, 3.63) is 23.8 Å². The highest BCUT2D eigenvalue weighted by molar-refractivity contribution is 5.61. The smallest absolute Gasteiger partial charge is 0.0594 e. The first-order chi connectivity index (χ1) is 9.33. The Morgan fingerprint density at radius 2 is 1.90 bits per heavy atom. The molecule has 112 valence electrons. The Hall–Kier alpha value is -1.26. The minimum absolute atomic E-state index is 0. The van der Waals surface area contributed by atoms with Gasteiger partial charge in [-0.1, -0.05) is 7.43 Å². The van der Waals surface area contributed by atoms with Crippen LogP contribution in [-0.4, -0.2) is 50.8 Å². The molecule has 0 radical (unpaired) electrons. The van der Waals surface area contributed by atoms with Gasteiger partial charge in [-0.05, 0) is 36.6 Å². The Bertz CT molecular complexity index is 430. The molecule has 0 saturated carbocycles. The van der Waals surface area contributed by atoms with Crippen LogP contribution in [0.4, 0.5) is 11.4 Å². The molecule has 4 heteroatoms. The number of aryl methyl sites for hydroxylation is 1. The van der Waals surface area contributed by atoms with Crippen LogP contribution in [0.25, 0.3) is 0 Å². The number of ether oxygens (including phenoxy) is 1. The maximum Gasteiger partial charge on any atom is 0.0594 e. The number of hydrogen-bond donors (Lipinski definition) is 1. The van der Waals surface area contributed by atoms with Gasteiger partial charge < -0.3 is 15.4 Å². The van der Waals surface area contributed by atoms with Crippen LogP contribution in [0.1, 0.15) is 19.4 Å². The van der Waals surface area contributed by atoms with Gasteiger partial charge in [-0.2, -0.15) is 0 Å². The normalized spacial score (nSPS) is 19.3. The summed E-state index contributed by atoms with van der Waals surface area (Å²) in [5.41, 5.74) is 9.55. The lowest BCUT2D eigenvalue weighted by Crippen LogP contribution is -2.42. The highest BCUT2D eigenvalue weighted by atomic mass is 16.5. The van der Waals surface area contributed by atoms with E-state index in [1.807, 2.05) is 6.07 Å². The number of rotatable bonds is 3. The molecule has 0 amide bonds. The Kier molecular flexibility index (Phi) is 5.26. The second-order valence-electron chi connectivity index (χ2n) is 5.43. The number of nitrogens with zero attached hydrogens (tertiary/aromatic N) is 2. The third-order valence-electron chi connectivity index (χ3n) is 4.11. The second kappa shape index (κ2) is 6.95. The zero-order valence-corrected chi connectivity index (χ0v) is 11.5. The maximum absolute atomic E-state index is 5.88. The molecule has 0 atom stereocenters. The van der Waals surface area contributed by atoms with Crippen molar-refractivity contribution in [1.29, 1.82) is 0 Å². The molecule has 2 N–H and O–H groups in total.